The lowest BCUT2D eigenvalue weighted by Crippen LogP contribution is -2.43. The predicted octanol–water partition coefficient (Wildman–Crippen LogP) is 0.721. The first-order chi connectivity index (χ1) is 10.0. The van der Waals surface area contributed by atoms with Gasteiger partial charge in [-0.25, -0.2) is 0 Å². The van der Waals surface area contributed by atoms with Crippen molar-refractivity contribution < 1.29 is 14.6 Å². The highest BCUT2D eigenvalue weighted by Crippen LogP contribution is 2.32. The molecule has 21 heavy (non-hydrogen) atoms. The first-order valence-electron chi connectivity index (χ1n) is 7.26. The molecule has 2 atom stereocenters. The number of aromatic nitrogens is 2. The zero-order valence-corrected chi connectivity index (χ0v) is 12.9. The predicted molar refractivity (Wildman–Crippen MR) is 78.5 cm³/mol. The van der Waals surface area contributed by atoms with Gasteiger partial charge >= 0.3 is 5.97 Å². The number of hydrogen-bond donors (Lipinski definition) is 2. The number of hydrogen-bond acceptors (Lipinski definition) is 5. The van der Waals surface area contributed by atoms with Gasteiger partial charge in [0.2, 0.25) is 0 Å². The lowest BCUT2D eigenvalue weighted by atomic mass is 9.96. The molecule has 2 unspecified atom stereocenters. The number of methoxy groups -OCH3 is 1. The fourth-order valence-corrected chi connectivity index (χ4v) is 2.71. The van der Waals surface area contributed by atoms with E-state index in [1.54, 1.807) is 13.3 Å². The second kappa shape index (κ2) is 6.91. The minimum Gasteiger partial charge on any atom is -0.493 e. The molecule has 1 saturated heterocycles. The molecule has 2 heterocycles. The number of carboxylic acid groups (broad SMARTS) is 1. The van der Waals surface area contributed by atoms with Crippen molar-refractivity contribution in [3.63, 3.8) is 0 Å². The molecule has 1 fully saturated rings. The number of carbonyl (C=O) groups is 1. The Morgan fingerprint density at radius 3 is 2.95 bits per heavy atom. The van der Waals surface area contributed by atoms with E-state index in [0.717, 1.165) is 37.4 Å². The Kier molecular flexibility index (Phi) is 5.19. The van der Waals surface area contributed by atoms with Crippen LogP contribution in [0.25, 0.3) is 0 Å². The number of ether oxygens (including phenoxy) is 1. The van der Waals surface area contributed by atoms with Gasteiger partial charge in [0, 0.05) is 6.54 Å². The van der Waals surface area contributed by atoms with Crippen LogP contribution >= 0.6 is 0 Å². The van der Waals surface area contributed by atoms with Gasteiger partial charge in [-0.15, -0.1) is 0 Å². The molecule has 0 radical (unpaired) electrons. The normalized spacial score (nSPS) is 22.5. The van der Waals surface area contributed by atoms with Crippen molar-refractivity contribution in [2.24, 2.45) is 0 Å². The molecule has 1 aromatic heterocycles. The number of aliphatic carboxylic acids is 1. The summed E-state index contributed by atoms with van der Waals surface area (Å²) in [6, 6.07) is -0.523. The van der Waals surface area contributed by atoms with Gasteiger partial charge in [0.25, 0.3) is 0 Å². The SMILES string of the molecule is COc1cnn(CCN(C)C)c1C1CCCC(C(=O)O)N1. The summed E-state index contributed by atoms with van der Waals surface area (Å²) in [5.41, 5.74) is 0.949. The summed E-state index contributed by atoms with van der Waals surface area (Å²) in [4.78, 5) is 13.3. The molecule has 118 valence electrons. The molecular weight excluding hydrogens is 272 g/mol. The number of nitrogens with zero attached hydrogens (tertiary/aromatic N) is 3. The molecular formula is C14H24N4O3. The smallest absolute Gasteiger partial charge is 0.320 e. The van der Waals surface area contributed by atoms with Crippen molar-refractivity contribution >= 4 is 5.97 Å². The van der Waals surface area contributed by atoms with Gasteiger partial charge in [-0.1, -0.05) is 0 Å². The fourth-order valence-electron chi connectivity index (χ4n) is 2.71. The van der Waals surface area contributed by atoms with Crippen molar-refractivity contribution in [2.75, 3.05) is 27.7 Å². The highest BCUT2D eigenvalue weighted by Gasteiger charge is 2.30. The molecule has 1 aromatic rings. The summed E-state index contributed by atoms with van der Waals surface area (Å²) in [7, 11) is 5.65. The van der Waals surface area contributed by atoms with E-state index in [9.17, 15) is 9.90 Å². The minimum absolute atomic E-state index is 0.0283. The molecule has 7 heteroatoms. The maximum absolute atomic E-state index is 11.2. The van der Waals surface area contributed by atoms with Crippen LogP contribution in [0.2, 0.25) is 0 Å². The van der Waals surface area contributed by atoms with E-state index in [2.05, 4.69) is 15.3 Å². The summed E-state index contributed by atoms with van der Waals surface area (Å²) < 4.78 is 7.31. The third-order valence-electron chi connectivity index (χ3n) is 3.84. The lowest BCUT2D eigenvalue weighted by molar-refractivity contribution is -0.140. The summed E-state index contributed by atoms with van der Waals surface area (Å²) in [5.74, 6) is -0.0738. The van der Waals surface area contributed by atoms with Gasteiger partial charge in [-0.3, -0.25) is 14.8 Å². The number of nitrogens with one attached hydrogen (secondary N) is 1. The average molecular weight is 296 g/mol. The molecule has 0 bridgehead atoms. The van der Waals surface area contributed by atoms with Crippen molar-refractivity contribution in [3.8, 4) is 5.75 Å². The third kappa shape index (κ3) is 3.74. The van der Waals surface area contributed by atoms with Gasteiger partial charge in [0.1, 0.15) is 6.04 Å². The van der Waals surface area contributed by atoms with E-state index < -0.39 is 12.0 Å². The number of carboxylic acids is 1. The Balaban J connectivity index is 2.19. The maximum Gasteiger partial charge on any atom is 0.320 e. The number of likely N-dealkylation sites (N-methyl/N-ethyl adjacent to an activating group) is 1. The van der Waals surface area contributed by atoms with Gasteiger partial charge in [0.15, 0.2) is 5.75 Å². The highest BCUT2D eigenvalue weighted by molar-refractivity contribution is 5.73. The minimum atomic E-state index is -0.793. The van der Waals surface area contributed by atoms with Crippen LogP contribution in [-0.4, -0.2) is 59.5 Å². The molecule has 1 aliphatic heterocycles. The van der Waals surface area contributed by atoms with E-state index in [0.29, 0.717) is 6.42 Å². The van der Waals surface area contributed by atoms with Crippen LogP contribution in [0.1, 0.15) is 31.0 Å². The second-order valence-electron chi connectivity index (χ2n) is 5.67. The third-order valence-corrected chi connectivity index (χ3v) is 3.84. The van der Waals surface area contributed by atoms with Gasteiger partial charge in [-0.05, 0) is 33.4 Å². The van der Waals surface area contributed by atoms with Crippen molar-refractivity contribution in [3.05, 3.63) is 11.9 Å². The van der Waals surface area contributed by atoms with Crippen LogP contribution in [0.15, 0.2) is 6.20 Å². The van der Waals surface area contributed by atoms with E-state index in [-0.39, 0.29) is 6.04 Å². The van der Waals surface area contributed by atoms with E-state index in [1.165, 1.54) is 0 Å². The first kappa shape index (κ1) is 15.8. The Bertz CT molecular complexity index is 487. The van der Waals surface area contributed by atoms with Gasteiger partial charge in [-0.2, -0.15) is 5.10 Å². The second-order valence-corrected chi connectivity index (χ2v) is 5.67. The first-order valence-corrected chi connectivity index (χ1v) is 7.26. The molecule has 7 nitrogen and oxygen atoms in total. The average Bonchev–Trinajstić information content (AvgIpc) is 2.88. The molecule has 2 rings (SSSR count). The fraction of sp³-hybridized carbons (Fsp3) is 0.714. The lowest BCUT2D eigenvalue weighted by Gasteiger charge is -2.29. The Labute approximate surface area is 124 Å². The van der Waals surface area contributed by atoms with Crippen LogP contribution in [0.5, 0.6) is 5.75 Å². The van der Waals surface area contributed by atoms with Crippen LogP contribution in [-0.2, 0) is 11.3 Å². The zero-order valence-electron chi connectivity index (χ0n) is 12.9. The van der Waals surface area contributed by atoms with E-state index in [4.69, 9.17) is 4.74 Å². The van der Waals surface area contributed by atoms with Crippen molar-refractivity contribution in [2.45, 2.75) is 37.9 Å². The van der Waals surface area contributed by atoms with Crippen LogP contribution in [0, 0.1) is 0 Å². The van der Waals surface area contributed by atoms with Crippen LogP contribution < -0.4 is 10.1 Å². The standard InChI is InChI=1S/C14H24N4O3/c1-17(2)7-8-18-13(12(21-3)9-15-18)10-5-4-6-11(16-10)14(19)20/h9-11,16H,4-8H2,1-3H3,(H,19,20). The summed E-state index contributed by atoms with van der Waals surface area (Å²) >= 11 is 0. The maximum atomic E-state index is 11.2. The molecule has 1 aliphatic rings. The molecule has 0 aliphatic carbocycles. The Hall–Kier alpha value is -1.60. The molecule has 2 N–H and O–H groups in total. The Morgan fingerprint density at radius 1 is 1.57 bits per heavy atom. The topological polar surface area (TPSA) is 79.6 Å². The highest BCUT2D eigenvalue weighted by atomic mass is 16.5. The van der Waals surface area contributed by atoms with E-state index >= 15 is 0 Å². The zero-order chi connectivity index (χ0) is 15.4. The largest absolute Gasteiger partial charge is 0.493 e. The summed E-state index contributed by atoms with van der Waals surface area (Å²) in [6.07, 6.45) is 4.15. The molecule has 0 amide bonds. The summed E-state index contributed by atoms with van der Waals surface area (Å²) in [6.45, 7) is 1.62. The quantitative estimate of drug-likeness (QED) is 0.805. The molecule has 0 saturated carbocycles. The van der Waals surface area contributed by atoms with Gasteiger partial charge in [0.05, 0.1) is 31.6 Å². The van der Waals surface area contributed by atoms with Crippen molar-refractivity contribution in [1.29, 1.82) is 0 Å². The molecule has 0 spiro atoms. The number of rotatable bonds is 6. The number of piperidine rings is 1. The van der Waals surface area contributed by atoms with Crippen LogP contribution in [0.3, 0.4) is 0 Å². The van der Waals surface area contributed by atoms with Gasteiger partial charge < -0.3 is 14.7 Å². The van der Waals surface area contributed by atoms with Crippen LogP contribution in [0.4, 0.5) is 0 Å². The van der Waals surface area contributed by atoms with E-state index in [1.807, 2.05) is 18.8 Å². The summed E-state index contributed by atoms with van der Waals surface area (Å²) in [5, 5.41) is 16.8. The molecule has 0 aromatic carbocycles. The van der Waals surface area contributed by atoms with Crippen molar-refractivity contribution in [1.82, 2.24) is 20.0 Å². The Morgan fingerprint density at radius 2 is 2.33 bits per heavy atom. The monoisotopic (exact) mass is 296 g/mol.